The van der Waals surface area contributed by atoms with E-state index in [1.54, 1.807) is 13.8 Å². The van der Waals surface area contributed by atoms with Crippen LogP contribution in [0.5, 0.6) is 0 Å². The molecular formula is C9H19BO7. The summed E-state index contributed by atoms with van der Waals surface area (Å²) in [6, 6.07) is 0. The Morgan fingerprint density at radius 1 is 0.941 bits per heavy atom. The lowest BCUT2D eigenvalue weighted by atomic mass is 9.85. The van der Waals surface area contributed by atoms with Gasteiger partial charge in [-0.1, -0.05) is 0 Å². The maximum atomic E-state index is 9.32. The van der Waals surface area contributed by atoms with Gasteiger partial charge in [-0.05, 0) is 13.8 Å². The van der Waals surface area contributed by atoms with Crippen LogP contribution in [0.3, 0.4) is 0 Å². The molecule has 8 heteroatoms. The molecule has 0 aromatic carbocycles. The van der Waals surface area contributed by atoms with E-state index in [4.69, 9.17) is 14.0 Å². The van der Waals surface area contributed by atoms with E-state index in [9.17, 15) is 20.4 Å². The van der Waals surface area contributed by atoms with E-state index in [2.05, 4.69) is 0 Å². The van der Waals surface area contributed by atoms with E-state index >= 15 is 0 Å². The topological polar surface area (TPSA) is 109 Å². The highest BCUT2D eigenvalue weighted by molar-refractivity contribution is 6.37. The summed E-state index contributed by atoms with van der Waals surface area (Å²) in [5, 5.41) is 37.3. The second-order valence-electron chi connectivity index (χ2n) is 4.33. The summed E-state index contributed by atoms with van der Waals surface area (Å²) in [5.74, 6) is 0. The molecule has 0 spiro atoms. The fourth-order valence-electron chi connectivity index (χ4n) is 1.71. The van der Waals surface area contributed by atoms with Gasteiger partial charge in [-0.25, -0.2) is 0 Å². The SMILES string of the molecule is CC(C)OB1OC(CO)(CO)C(CO)(CO)O1. The Kier molecular flexibility index (Phi) is 4.90. The van der Waals surface area contributed by atoms with E-state index in [0.29, 0.717) is 0 Å². The molecule has 0 aromatic heterocycles. The Labute approximate surface area is 100 Å². The molecule has 0 bridgehead atoms. The molecule has 1 saturated heterocycles. The van der Waals surface area contributed by atoms with Crippen molar-refractivity contribution in [3.63, 3.8) is 0 Å². The number of rotatable bonds is 6. The van der Waals surface area contributed by atoms with Gasteiger partial charge in [-0.3, -0.25) is 0 Å². The first-order chi connectivity index (χ1) is 7.99. The molecule has 0 atom stereocenters. The number of aliphatic hydroxyl groups is 4. The predicted octanol–water partition coefficient (Wildman–Crippen LogP) is -2.11. The molecule has 0 saturated carbocycles. The van der Waals surface area contributed by atoms with Crippen molar-refractivity contribution in [1.29, 1.82) is 0 Å². The second kappa shape index (κ2) is 5.62. The van der Waals surface area contributed by atoms with Gasteiger partial charge >= 0.3 is 7.32 Å². The van der Waals surface area contributed by atoms with Gasteiger partial charge in [-0.2, -0.15) is 0 Å². The van der Waals surface area contributed by atoms with E-state index in [1.807, 2.05) is 0 Å². The minimum absolute atomic E-state index is 0.205. The predicted molar refractivity (Wildman–Crippen MR) is 58.0 cm³/mol. The highest BCUT2D eigenvalue weighted by Crippen LogP contribution is 2.37. The number of hydrogen-bond donors (Lipinski definition) is 4. The summed E-state index contributed by atoms with van der Waals surface area (Å²) >= 11 is 0. The lowest BCUT2D eigenvalue weighted by molar-refractivity contribution is -0.147. The van der Waals surface area contributed by atoms with Gasteiger partial charge in [0.2, 0.25) is 0 Å². The van der Waals surface area contributed by atoms with Crippen molar-refractivity contribution in [1.82, 2.24) is 0 Å². The molecular weight excluding hydrogens is 231 g/mol. The third kappa shape index (κ3) is 2.48. The van der Waals surface area contributed by atoms with Crippen molar-refractivity contribution in [2.45, 2.75) is 31.2 Å². The van der Waals surface area contributed by atoms with E-state index in [0.717, 1.165) is 0 Å². The van der Waals surface area contributed by atoms with Crippen LogP contribution in [-0.2, 0) is 14.0 Å². The van der Waals surface area contributed by atoms with Crippen molar-refractivity contribution >= 4 is 7.32 Å². The first-order valence-electron chi connectivity index (χ1n) is 5.43. The van der Waals surface area contributed by atoms with Crippen molar-refractivity contribution in [3.8, 4) is 0 Å². The van der Waals surface area contributed by atoms with Crippen molar-refractivity contribution in [2.75, 3.05) is 26.4 Å². The van der Waals surface area contributed by atoms with Crippen LogP contribution < -0.4 is 0 Å². The van der Waals surface area contributed by atoms with Crippen LogP contribution in [0.2, 0.25) is 0 Å². The third-order valence-corrected chi connectivity index (χ3v) is 2.88. The quantitative estimate of drug-likeness (QED) is 0.399. The Morgan fingerprint density at radius 3 is 1.53 bits per heavy atom. The van der Waals surface area contributed by atoms with Crippen LogP contribution in [0.25, 0.3) is 0 Å². The van der Waals surface area contributed by atoms with E-state index < -0.39 is 45.0 Å². The van der Waals surface area contributed by atoms with Crippen LogP contribution in [0.1, 0.15) is 13.8 Å². The fraction of sp³-hybridized carbons (Fsp3) is 1.00. The average molecular weight is 250 g/mol. The second-order valence-corrected chi connectivity index (χ2v) is 4.33. The molecule has 1 aliphatic heterocycles. The van der Waals surface area contributed by atoms with Gasteiger partial charge < -0.3 is 34.4 Å². The molecule has 0 amide bonds. The van der Waals surface area contributed by atoms with Gasteiger partial charge in [0.25, 0.3) is 0 Å². The van der Waals surface area contributed by atoms with Gasteiger partial charge in [0.15, 0.2) is 0 Å². The molecule has 1 aliphatic rings. The highest BCUT2D eigenvalue weighted by atomic mass is 16.8. The molecule has 1 heterocycles. The summed E-state index contributed by atoms with van der Waals surface area (Å²) in [5.41, 5.74) is -3.17. The lowest BCUT2D eigenvalue weighted by Crippen LogP contribution is -2.61. The molecule has 0 aromatic rings. The molecule has 17 heavy (non-hydrogen) atoms. The fourth-order valence-corrected chi connectivity index (χ4v) is 1.71. The molecule has 1 fully saturated rings. The van der Waals surface area contributed by atoms with Crippen LogP contribution in [0.4, 0.5) is 0 Å². The van der Waals surface area contributed by atoms with Gasteiger partial charge in [0, 0.05) is 6.10 Å². The molecule has 1 rings (SSSR count). The molecule has 0 radical (unpaired) electrons. The maximum absolute atomic E-state index is 9.32. The van der Waals surface area contributed by atoms with Crippen LogP contribution in [0, 0.1) is 0 Å². The normalized spacial score (nSPS) is 22.4. The Bertz CT molecular complexity index is 219. The van der Waals surface area contributed by atoms with Gasteiger partial charge in [0.1, 0.15) is 11.2 Å². The summed E-state index contributed by atoms with van der Waals surface area (Å²) in [7, 11) is -1.14. The smallest absolute Gasteiger partial charge is 0.393 e. The van der Waals surface area contributed by atoms with Crippen molar-refractivity contribution in [3.05, 3.63) is 0 Å². The Morgan fingerprint density at radius 2 is 1.29 bits per heavy atom. The zero-order chi connectivity index (χ0) is 13.1. The summed E-state index contributed by atoms with van der Waals surface area (Å²) in [4.78, 5) is 0. The average Bonchev–Trinajstić information content (AvgIpc) is 2.63. The lowest BCUT2D eigenvalue weighted by Gasteiger charge is -2.38. The minimum Gasteiger partial charge on any atom is -0.393 e. The zero-order valence-electron chi connectivity index (χ0n) is 10.00. The molecule has 7 nitrogen and oxygen atoms in total. The Balaban J connectivity index is 2.93. The van der Waals surface area contributed by atoms with Gasteiger partial charge in [0.05, 0.1) is 26.4 Å². The number of aliphatic hydroxyl groups excluding tert-OH is 4. The van der Waals surface area contributed by atoms with Crippen molar-refractivity contribution < 1.29 is 34.4 Å². The van der Waals surface area contributed by atoms with E-state index in [-0.39, 0.29) is 6.10 Å². The standard InChI is InChI=1S/C9H19BO7/c1-7(2)15-10-16-8(3-11,4-12)9(5-13,6-14)17-10/h7,11-14H,3-6H2,1-2H3. The highest BCUT2D eigenvalue weighted by Gasteiger charge is 2.63. The van der Waals surface area contributed by atoms with Crippen LogP contribution in [-0.4, -0.2) is 71.5 Å². The molecule has 0 unspecified atom stereocenters. The van der Waals surface area contributed by atoms with Crippen LogP contribution >= 0.6 is 0 Å². The maximum Gasteiger partial charge on any atom is 0.640 e. The Hall–Kier alpha value is -0.215. The van der Waals surface area contributed by atoms with Gasteiger partial charge in [-0.15, -0.1) is 0 Å². The third-order valence-electron chi connectivity index (χ3n) is 2.88. The first-order valence-corrected chi connectivity index (χ1v) is 5.43. The largest absolute Gasteiger partial charge is 0.640 e. The van der Waals surface area contributed by atoms with Crippen LogP contribution in [0.15, 0.2) is 0 Å². The monoisotopic (exact) mass is 250 g/mol. The molecule has 4 N–H and O–H groups in total. The molecule has 100 valence electrons. The first kappa shape index (κ1) is 14.8. The summed E-state index contributed by atoms with van der Waals surface area (Å²) < 4.78 is 15.8. The number of hydrogen-bond acceptors (Lipinski definition) is 7. The molecule has 0 aliphatic carbocycles. The van der Waals surface area contributed by atoms with Crippen molar-refractivity contribution in [2.24, 2.45) is 0 Å². The summed E-state index contributed by atoms with van der Waals surface area (Å²) in [6.45, 7) is 1.07. The summed E-state index contributed by atoms with van der Waals surface area (Å²) in [6.07, 6.45) is -0.205. The zero-order valence-corrected chi connectivity index (χ0v) is 10.00. The minimum atomic E-state index is -1.59. The van der Waals surface area contributed by atoms with E-state index in [1.165, 1.54) is 0 Å².